The van der Waals surface area contributed by atoms with Gasteiger partial charge in [0.05, 0.1) is 31.0 Å². The average molecular weight is 345 g/mol. The van der Waals surface area contributed by atoms with Crippen molar-refractivity contribution in [3.8, 4) is 23.3 Å². The third-order valence-electron chi connectivity index (χ3n) is 4.33. The highest BCUT2D eigenvalue weighted by atomic mass is 19.1. The smallest absolute Gasteiger partial charge is 0.306 e. The lowest BCUT2D eigenvalue weighted by Gasteiger charge is -2.23. The minimum Gasteiger partial charge on any atom is -0.494 e. The molecule has 0 bridgehead atoms. The van der Waals surface area contributed by atoms with Gasteiger partial charge in [0, 0.05) is 6.07 Å². The number of hydrogen-bond acceptors (Lipinski definition) is 5. The standard InChI is InChI=1S/C17H16FN3O4/c1-10(16(22)23)6-17(8-19)9-25-14-7-20-21(15(14)17)11-3-4-12(18)13(5-11)24-2/h3-5,7,10H,6,9H2,1-2H3,(H,22,23). The van der Waals surface area contributed by atoms with Gasteiger partial charge in [-0.1, -0.05) is 6.92 Å². The molecule has 1 aliphatic rings. The van der Waals surface area contributed by atoms with Gasteiger partial charge in [-0.3, -0.25) is 4.79 Å². The van der Waals surface area contributed by atoms with E-state index >= 15 is 0 Å². The summed E-state index contributed by atoms with van der Waals surface area (Å²) < 4.78 is 25.7. The molecule has 2 heterocycles. The molecule has 130 valence electrons. The van der Waals surface area contributed by atoms with Gasteiger partial charge in [0.15, 0.2) is 17.3 Å². The van der Waals surface area contributed by atoms with E-state index in [-0.39, 0.29) is 18.8 Å². The van der Waals surface area contributed by atoms with Gasteiger partial charge in [0.2, 0.25) is 0 Å². The number of carboxylic acid groups (broad SMARTS) is 1. The molecule has 1 aromatic heterocycles. The molecule has 2 unspecified atom stereocenters. The Balaban J connectivity index is 2.10. The monoisotopic (exact) mass is 345 g/mol. The van der Waals surface area contributed by atoms with Crippen molar-refractivity contribution in [2.45, 2.75) is 18.8 Å². The van der Waals surface area contributed by atoms with Gasteiger partial charge < -0.3 is 14.6 Å². The first-order chi connectivity index (χ1) is 11.9. The summed E-state index contributed by atoms with van der Waals surface area (Å²) in [7, 11) is 1.35. The number of rotatable bonds is 5. The molecule has 0 saturated carbocycles. The number of benzene rings is 1. The van der Waals surface area contributed by atoms with E-state index in [0.717, 1.165) is 0 Å². The van der Waals surface area contributed by atoms with Crippen LogP contribution in [0.1, 0.15) is 19.0 Å². The van der Waals surface area contributed by atoms with E-state index < -0.39 is 23.1 Å². The Kier molecular flexibility index (Phi) is 4.08. The Hall–Kier alpha value is -3.08. The van der Waals surface area contributed by atoms with Crippen molar-refractivity contribution in [2.75, 3.05) is 13.7 Å². The molecule has 1 N–H and O–H groups in total. The fourth-order valence-corrected chi connectivity index (χ4v) is 3.02. The number of nitriles is 1. The van der Waals surface area contributed by atoms with Crippen molar-refractivity contribution in [3.05, 3.63) is 35.9 Å². The Labute approximate surface area is 143 Å². The van der Waals surface area contributed by atoms with E-state index in [9.17, 15) is 19.6 Å². The number of carbonyl (C=O) groups is 1. The van der Waals surface area contributed by atoms with Crippen LogP contribution in [-0.4, -0.2) is 34.6 Å². The molecule has 7 nitrogen and oxygen atoms in total. The molecule has 2 aromatic rings. The number of halogens is 1. The molecule has 0 amide bonds. The summed E-state index contributed by atoms with van der Waals surface area (Å²) in [5.74, 6) is -1.78. The summed E-state index contributed by atoms with van der Waals surface area (Å²) in [5, 5.41) is 23.2. The normalized spacial score (nSPS) is 19.6. The molecule has 0 fully saturated rings. The Morgan fingerprint density at radius 1 is 1.64 bits per heavy atom. The quantitative estimate of drug-likeness (QED) is 0.893. The number of ether oxygens (including phenoxy) is 2. The van der Waals surface area contributed by atoms with Crippen molar-refractivity contribution >= 4 is 5.97 Å². The van der Waals surface area contributed by atoms with Crippen LogP contribution in [0.15, 0.2) is 24.4 Å². The number of aromatic nitrogens is 2. The summed E-state index contributed by atoms with van der Waals surface area (Å²) in [6.45, 7) is 1.59. The first kappa shape index (κ1) is 16.8. The summed E-state index contributed by atoms with van der Waals surface area (Å²) in [5.41, 5.74) is -0.185. The molecule has 0 spiro atoms. The van der Waals surface area contributed by atoms with Gasteiger partial charge in [0.25, 0.3) is 0 Å². The van der Waals surface area contributed by atoms with Crippen LogP contribution in [-0.2, 0) is 10.2 Å². The van der Waals surface area contributed by atoms with Gasteiger partial charge >= 0.3 is 5.97 Å². The summed E-state index contributed by atoms with van der Waals surface area (Å²) in [4.78, 5) is 11.2. The zero-order chi connectivity index (χ0) is 18.2. The van der Waals surface area contributed by atoms with Crippen LogP contribution in [0.3, 0.4) is 0 Å². The van der Waals surface area contributed by atoms with E-state index in [1.807, 2.05) is 0 Å². The van der Waals surface area contributed by atoms with E-state index in [0.29, 0.717) is 17.1 Å². The lowest BCUT2D eigenvalue weighted by Crippen LogP contribution is -2.33. The Bertz CT molecular complexity index is 873. The zero-order valence-corrected chi connectivity index (χ0v) is 13.7. The number of carboxylic acids is 1. The highest BCUT2D eigenvalue weighted by Gasteiger charge is 2.47. The predicted molar refractivity (Wildman–Crippen MR) is 84.3 cm³/mol. The topological polar surface area (TPSA) is 97.4 Å². The Morgan fingerprint density at radius 3 is 3.04 bits per heavy atom. The molecule has 8 heteroatoms. The molecular weight excluding hydrogens is 329 g/mol. The first-order valence-electron chi connectivity index (χ1n) is 7.61. The van der Waals surface area contributed by atoms with Gasteiger partial charge in [-0.2, -0.15) is 10.4 Å². The third kappa shape index (κ3) is 2.67. The van der Waals surface area contributed by atoms with E-state index in [4.69, 9.17) is 9.47 Å². The molecular formula is C17H16FN3O4. The maximum absolute atomic E-state index is 13.7. The largest absolute Gasteiger partial charge is 0.494 e. The van der Waals surface area contributed by atoms with Gasteiger partial charge in [-0.15, -0.1) is 0 Å². The van der Waals surface area contributed by atoms with Crippen molar-refractivity contribution < 1.29 is 23.8 Å². The van der Waals surface area contributed by atoms with E-state index in [1.165, 1.54) is 36.2 Å². The van der Waals surface area contributed by atoms with Crippen LogP contribution in [0.2, 0.25) is 0 Å². The van der Waals surface area contributed by atoms with Crippen LogP contribution in [0, 0.1) is 23.1 Å². The molecule has 0 saturated heterocycles. The van der Waals surface area contributed by atoms with Crippen molar-refractivity contribution in [1.29, 1.82) is 5.26 Å². The number of nitrogens with zero attached hydrogens (tertiary/aromatic N) is 3. The second-order valence-corrected chi connectivity index (χ2v) is 6.01. The van der Waals surface area contributed by atoms with Gasteiger partial charge in [-0.25, -0.2) is 9.07 Å². The molecule has 3 rings (SSSR count). The minimum absolute atomic E-state index is 0.0436. The minimum atomic E-state index is -1.15. The first-order valence-corrected chi connectivity index (χ1v) is 7.61. The van der Waals surface area contributed by atoms with Gasteiger partial charge in [0.1, 0.15) is 17.7 Å². The molecule has 0 aliphatic carbocycles. The number of methoxy groups -OCH3 is 1. The molecule has 2 atom stereocenters. The lowest BCUT2D eigenvalue weighted by atomic mass is 9.79. The highest BCUT2D eigenvalue weighted by Crippen LogP contribution is 2.43. The SMILES string of the molecule is COc1cc(-n2ncc3c2C(C#N)(CC(C)C(=O)O)CO3)ccc1F. The van der Waals surface area contributed by atoms with Crippen LogP contribution in [0.5, 0.6) is 11.5 Å². The molecule has 1 aliphatic heterocycles. The maximum atomic E-state index is 13.7. The molecule has 1 aromatic carbocycles. The zero-order valence-electron chi connectivity index (χ0n) is 13.7. The molecule has 25 heavy (non-hydrogen) atoms. The van der Waals surface area contributed by atoms with Crippen LogP contribution < -0.4 is 9.47 Å². The predicted octanol–water partition coefficient (Wildman–Crippen LogP) is 2.28. The number of fused-ring (bicyclic) bond motifs is 1. The number of aliphatic carboxylic acids is 1. The van der Waals surface area contributed by atoms with Crippen molar-refractivity contribution in [3.63, 3.8) is 0 Å². The molecule has 0 radical (unpaired) electrons. The van der Waals surface area contributed by atoms with E-state index in [1.54, 1.807) is 6.92 Å². The maximum Gasteiger partial charge on any atom is 0.306 e. The van der Waals surface area contributed by atoms with E-state index in [2.05, 4.69) is 11.2 Å². The lowest BCUT2D eigenvalue weighted by molar-refractivity contribution is -0.141. The van der Waals surface area contributed by atoms with Crippen molar-refractivity contribution in [2.24, 2.45) is 5.92 Å². The summed E-state index contributed by atoms with van der Waals surface area (Å²) >= 11 is 0. The Morgan fingerprint density at radius 2 is 2.40 bits per heavy atom. The van der Waals surface area contributed by atoms with Gasteiger partial charge in [-0.05, 0) is 18.6 Å². The second-order valence-electron chi connectivity index (χ2n) is 6.01. The highest BCUT2D eigenvalue weighted by molar-refractivity contribution is 5.70. The number of hydrogen-bond donors (Lipinski definition) is 1. The second kappa shape index (κ2) is 6.09. The van der Waals surface area contributed by atoms with Crippen LogP contribution >= 0.6 is 0 Å². The van der Waals surface area contributed by atoms with Crippen LogP contribution in [0.4, 0.5) is 4.39 Å². The fraction of sp³-hybridized carbons (Fsp3) is 0.353. The third-order valence-corrected chi connectivity index (χ3v) is 4.33. The van der Waals surface area contributed by atoms with Crippen LogP contribution in [0.25, 0.3) is 5.69 Å². The summed E-state index contributed by atoms with van der Waals surface area (Å²) in [6.07, 6.45) is 1.55. The average Bonchev–Trinajstić information content (AvgIpc) is 3.17. The fourth-order valence-electron chi connectivity index (χ4n) is 3.02. The summed E-state index contributed by atoms with van der Waals surface area (Å²) in [6, 6.07) is 6.41. The van der Waals surface area contributed by atoms with Crippen molar-refractivity contribution in [1.82, 2.24) is 9.78 Å².